The minimum atomic E-state index is -0.224. The summed E-state index contributed by atoms with van der Waals surface area (Å²) in [6.07, 6.45) is 3.74. The molecule has 0 saturated carbocycles. The van der Waals surface area contributed by atoms with Gasteiger partial charge >= 0.3 is 0 Å². The molecule has 0 amide bonds. The van der Waals surface area contributed by atoms with Crippen molar-refractivity contribution in [1.29, 1.82) is 0 Å². The molecule has 0 aliphatic rings. The highest BCUT2D eigenvalue weighted by molar-refractivity contribution is 14.1. The van der Waals surface area contributed by atoms with Crippen molar-refractivity contribution in [3.63, 3.8) is 0 Å². The van der Waals surface area contributed by atoms with E-state index >= 15 is 0 Å². The first-order chi connectivity index (χ1) is 7.75. The molecule has 3 nitrogen and oxygen atoms in total. The second kappa shape index (κ2) is 5.29. The Morgan fingerprint density at radius 2 is 2.19 bits per heavy atom. The number of para-hydroxylation sites is 1. The van der Waals surface area contributed by atoms with Crippen LogP contribution in [0.3, 0.4) is 0 Å². The average molecular weight is 331 g/mol. The van der Waals surface area contributed by atoms with Gasteiger partial charge in [0.25, 0.3) is 0 Å². The standard InChI is InChI=1S/C11H11FIN3/c12-10-3-1-2-4-11(10)14-5-6-16-8-9(13)7-15-16/h1-4,7-8,14H,5-6H2. The van der Waals surface area contributed by atoms with Gasteiger partial charge in [0.15, 0.2) is 0 Å². The fourth-order valence-electron chi connectivity index (χ4n) is 1.37. The zero-order valence-electron chi connectivity index (χ0n) is 8.53. The molecule has 5 heteroatoms. The Kier molecular flexibility index (Phi) is 3.76. The molecule has 1 heterocycles. The van der Waals surface area contributed by atoms with Crippen LogP contribution in [0.1, 0.15) is 0 Å². The number of hydrogen-bond acceptors (Lipinski definition) is 2. The molecule has 0 spiro atoms. The predicted molar refractivity (Wildman–Crippen MR) is 69.8 cm³/mol. The highest BCUT2D eigenvalue weighted by atomic mass is 127. The van der Waals surface area contributed by atoms with E-state index in [2.05, 4.69) is 33.0 Å². The summed E-state index contributed by atoms with van der Waals surface area (Å²) in [5.41, 5.74) is 0.532. The van der Waals surface area contributed by atoms with E-state index in [1.165, 1.54) is 6.07 Å². The smallest absolute Gasteiger partial charge is 0.146 e. The number of nitrogens with one attached hydrogen (secondary N) is 1. The molecular formula is C11H11FIN3. The molecule has 0 aliphatic heterocycles. The van der Waals surface area contributed by atoms with Gasteiger partial charge in [-0.3, -0.25) is 4.68 Å². The van der Waals surface area contributed by atoms with Gasteiger partial charge in [0.05, 0.1) is 22.0 Å². The third-order valence-electron chi connectivity index (χ3n) is 2.13. The molecular weight excluding hydrogens is 320 g/mol. The van der Waals surface area contributed by atoms with Gasteiger partial charge in [0.2, 0.25) is 0 Å². The Morgan fingerprint density at radius 1 is 1.38 bits per heavy atom. The van der Waals surface area contributed by atoms with Crippen molar-refractivity contribution in [1.82, 2.24) is 9.78 Å². The van der Waals surface area contributed by atoms with Crippen molar-refractivity contribution >= 4 is 28.3 Å². The Bertz CT molecular complexity index is 470. The lowest BCUT2D eigenvalue weighted by molar-refractivity contribution is 0.617. The number of rotatable bonds is 4. The van der Waals surface area contributed by atoms with Crippen LogP contribution in [-0.4, -0.2) is 16.3 Å². The predicted octanol–water partition coefficient (Wildman–Crippen LogP) is 2.74. The molecule has 2 aromatic rings. The maximum Gasteiger partial charge on any atom is 0.146 e. The summed E-state index contributed by atoms with van der Waals surface area (Å²) < 4.78 is 16.2. The number of anilines is 1. The van der Waals surface area contributed by atoms with Crippen LogP contribution in [0.15, 0.2) is 36.7 Å². The number of halogens is 2. The Labute approximate surface area is 107 Å². The van der Waals surface area contributed by atoms with Gasteiger partial charge in [0, 0.05) is 12.7 Å². The normalized spacial score (nSPS) is 10.4. The van der Waals surface area contributed by atoms with Crippen LogP contribution in [0.4, 0.5) is 10.1 Å². The Morgan fingerprint density at radius 3 is 2.88 bits per heavy atom. The second-order valence-corrected chi connectivity index (χ2v) is 4.57. The summed E-state index contributed by atoms with van der Waals surface area (Å²) >= 11 is 2.21. The maximum absolute atomic E-state index is 13.2. The van der Waals surface area contributed by atoms with Crippen molar-refractivity contribution in [2.45, 2.75) is 6.54 Å². The molecule has 0 saturated heterocycles. The summed E-state index contributed by atoms with van der Waals surface area (Å²) in [6.45, 7) is 1.37. The minimum absolute atomic E-state index is 0.224. The van der Waals surface area contributed by atoms with Gasteiger partial charge in [-0.15, -0.1) is 0 Å². The Balaban J connectivity index is 1.87. The lowest BCUT2D eigenvalue weighted by Gasteiger charge is -2.06. The SMILES string of the molecule is Fc1ccccc1NCCn1cc(I)cn1. The summed E-state index contributed by atoms with van der Waals surface area (Å²) in [6, 6.07) is 6.65. The number of hydrogen-bond donors (Lipinski definition) is 1. The molecule has 0 fully saturated rings. The molecule has 0 unspecified atom stereocenters. The number of benzene rings is 1. The van der Waals surface area contributed by atoms with Gasteiger partial charge in [-0.05, 0) is 34.7 Å². The van der Waals surface area contributed by atoms with Gasteiger partial charge in [-0.1, -0.05) is 12.1 Å². The van der Waals surface area contributed by atoms with Crippen LogP contribution in [-0.2, 0) is 6.54 Å². The summed E-state index contributed by atoms with van der Waals surface area (Å²) in [4.78, 5) is 0. The molecule has 0 atom stereocenters. The molecule has 1 aromatic carbocycles. The number of aromatic nitrogens is 2. The van der Waals surface area contributed by atoms with Crippen LogP contribution in [0.25, 0.3) is 0 Å². The van der Waals surface area contributed by atoms with Crippen LogP contribution >= 0.6 is 22.6 Å². The van der Waals surface area contributed by atoms with Crippen molar-refractivity contribution < 1.29 is 4.39 Å². The summed E-state index contributed by atoms with van der Waals surface area (Å²) in [5.74, 6) is -0.224. The molecule has 16 heavy (non-hydrogen) atoms. The second-order valence-electron chi connectivity index (χ2n) is 3.33. The van der Waals surface area contributed by atoms with E-state index in [0.717, 1.165) is 10.1 Å². The average Bonchev–Trinajstić information content (AvgIpc) is 2.67. The fraction of sp³-hybridized carbons (Fsp3) is 0.182. The third kappa shape index (κ3) is 2.94. The first-order valence-electron chi connectivity index (χ1n) is 4.92. The van der Waals surface area contributed by atoms with E-state index < -0.39 is 0 Å². The molecule has 0 aliphatic carbocycles. The van der Waals surface area contributed by atoms with E-state index in [9.17, 15) is 4.39 Å². The monoisotopic (exact) mass is 331 g/mol. The molecule has 1 aromatic heterocycles. The minimum Gasteiger partial charge on any atom is -0.381 e. The van der Waals surface area contributed by atoms with Gasteiger partial charge in [-0.25, -0.2) is 4.39 Å². The quantitative estimate of drug-likeness (QED) is 0.873. The maximum atomic E-state index is 13.2. The van der Waals surface area contributed by atoms with Gasteiger partial charge in [-0.2, -0.15) is 5.10 Å². The van der Waals surface area contributed by atoms with E-state index in [1.54, 1.807) is 18.3 Å². The molecule has 2 rings (SSSR count). The van der Waals surface area contributed by atoms with Gasteiger partial charge < -0.3 is 5.32 Å². The third-order valence-corrected chi connectivity index (χ3v) is 2.69. The summed E-state index contributed by atoms with van der Waals surface area (Å²) in [5, 5.41) is 7.18. The molecule has 84 valence electrons. The van der Waals surface area contributed by atoms with Crippen molar-refractivity contribution in [3.8, 4) is 0 Å². The van der Waals surface area contributed by atoms with Crippen LogP contribution in [0, 0.1) is 9.39 Å². The zero-order chi connectivity index (χ0) is 11.4. The largest absolute Gasteiger partial charge is 0.381 e. The highest BCUT2D eigenvalue weighted by Crippen LogP contribution is 2.11. The Hall–Kier alpha value is -1.11. The highest BCUT2D eigenvalue weighted by Gasteiger charge is 1.99. The van der Waals surface area contributed by atoms with Crippen LogP contribution in [0.5, 0.6) is 0 Å². The van der Waals surface area contributed by atoms with Crippen molar-refractivity contribution in [2.75, 3.05) is 11.9 Å². The van der Waals surface area contributed by atoms with Crippen LogP contribution in [0.2, 0.25) is 0 Å². The zero-order valence-corrected chi connectivity index (χ0v) is 10.7. The lowest BCUT2D eigenvalue weighted by Crippen LogP contribution is -2.11. The molecule has 0 bridgehead atoms. The lowest BCUT2D eigenvalue weighted by atomic mass is 10.3. The first kappa shape index (κ1) is 11.4. The van der Waals surface area contributed by atoms with E-state index in [4.69, 9.17) is 0 Å². The first-order valence-corrected chi connectivity index (χ1v) is 6.00. The fourth-order valence-corrected chi connectivity index (χ4v) is 1.82. The topological polar surface area (TPSA) is 29.9 Å². The van der Waals surface area contributed by atoms with Crippen molar-refractivity contribution in [2.24, 2.45) is 0 Å². The van der Waals surface area contributed by atoms with Crippen molar-refractivity contribution in [3.05, 3.63) is 46.0 Å². The molecule has 0 radical (unpaired) electrons. The van der Waals surface area contributed by atoms with E-state index in [0.29, 0.717) is 12.2 Å². The van der Waals surface area contributed by atoms with Gasteiger partial charge in [0.1, 0.15) is 5.82 Å². The van der Waals surface area contributed by atoms with E-state index in [1.807, 2.05) is 16.9 Å². The van der Waals surface area contributed by atoms with Crippen LogP contribution < -0.4 is 5.32 Å². The summed E-state index contributed by atoms with van der Waals surface area (Å²) in [7, 11) is 0. The molecule has 1 N–H and O–H groups in total. The van der Waals surface area contributed by atoms with E-state index in [-0.39, 0.29) is 5.82 Å². The number of nitrogens with zero attached hydrogens (tertiary/aromatic N) is 2.